The summed E-state index contributed by atoms with van der Waals surface area (Å²) in [5.41, 5.74) is 5.83. The summed E-state index contributed by atoms with van der Waals surface area (Å²) in [7, 11) is 0. The van der Waals surface area contributed by atoms with Gasteiger partial charge in [0, 0.05) is 32.2 Å². The Balaban J connectivity index is 1.93. The Morgan fingerprint density at radius 3 is 2.42 bits per heavy atom. The summed E-state index contributed by atoms with van der Waals surface area (Å²) in [4.78, 5) is 17.1. The molecule has 2 atom stereocenters. The minimum Gasteiger partial charge on any atom is -0.339 e. The predicted molar refractivity (Wildman–Crippen MR) is 77.8 cm³/mol. The van der Waals surface area contributed by atoms with Gasteiger partial charge in [0.1, 0.15) is 0 Å². The minimum absolute atomic E-state index is 0.197. The lowest BCUT2D eigenvalue weighted by molar-refractivity contribution is -0.140. The number of hydrogen-bond donors (Lipinski definition) is 1. The van der Waals surface area contributed by atoms with Gasteiger partial charge in [-0.2, -0.15) is 0 Å². The van der Waals surface area contributed by atoms with Gasteiger partial charge in [-0.1, -0.05) is 19.8 Å². The third kappa shape index (κ3) is 3.29. The lowest BCUT2D eigenvalue weighted by Gasteiger charge is -2.43. The second-order valence-corrected chi connectivity index (χ2v) is 6.78. The van der Waals surface area contributed by atoms with Crippen LogP contribution in [0.5, 0.6) is 0 Å². The summed E-state index contributed by atoms with van der Waals surface area (Å²) in [6, 6.07) is 0.568. The lowest BCUT2D eigenvalue weighted by Crippen LogP contribution is -2.61. The Labute approximate surface area is 117 Å². The van der Waals surface area contributed by atoms with E-state index in [2.05, 4.69) is 25.7 Å². The molecule has 2 fully saturated rings. The maximum atomic E-state index is 12.7. The number of nitrogens with two attached hydrogens (primary N) is 1. The Hall–Kier alpha value is -0.610. The molecule has 2 unspecified atom stereocenters. The first-order valence-corrected chi connectivity index (χ1v) is 7.75. The highest BCUT2D eigenvalue weighted by molar-refractivity contribution is 5.86. The smallest absolute Gasteiger partial charge is 0.242 e. The lowest BCUT2D eigenvalue weighted by atomic mass is 9.76. The summed E-state index contributed by atoms with van der Waals surface area (Å²) in [6.07, 6.45) is 4.03. The van der Waals surface area contributed by atoms with Crippen molar-refractivity contribution in [2.24, 2.45) is 11.7 Å². The first-order valence-electron chi connectivity index (χ1n) is 7.75. The summed E-state index contributed by atoms with van der Waals surface area (Å²) < 4.78 is 0. The average Bonchev–Trinajstić information content (AvgIpc) is 2.37. The maximum absolute atomic E-state index is 12.7. The van der Waals surface area contributed by atoms with Gasteiger partial charge in [0.15, 0.2) is 0 Å². The number of piperazine rings is 1. The summed E-state index contributed by atoms with van der Waals surface area (Å²) in [5.74, 6) is 0.780. The molecule has 4 heteroatoms. The van der Waals surface area contributed by atoms with Crippen molar-refractivity contribution in [3.05, 3.63) is 0 Å². The molecule has 1 heterocycles. The SMILES string of the molecule is CC1CCCC(N)(C(=O)N2CCN(C(C)C)CC2)C1. The van der Waals surface area contributed by atoms with Crippen molar-refractivity contribution in [3.63, 3.8) is 0 Å². The standard InChI is InChI=1S/C15H29N3O/c1-12(2)17-7-9-18(10-8-17)14(19)15(16)6-4-5-13(3)11-15/h12-13H,4-11,16H2,1-3H3. The van der Waals surface area contributed by atoms with Gasteiger partial charge in [0.2, 0.25) is 5.91 Å². The maximum Gasteiger partial charge on any atom is 0.242 e. The first-order chi connectivity index (χ1) is 8.92. The van der Waals surface area contributed by atoms with Crippen LogP contribution in [-0.4, -0.2) is 53.5 Å². The van der Waals surface area contributed by atoms with Crippen LogP contribution < -0.4 is 5.73 Å². The molecule has 0 spiro atoms. The molecule has 0 aromatic heterocycles. The number of carbonyl (C=O) groups excluding carboxylic acids is 1. The molecular formula is C15H29N3O. The molecule has 2 aliphatic rings. The van der Waals surface area contributed by atoms with Gasteiger partial charge in [-0.25, -0.2) is 0 Å². The summed E-state index contributed by atoms with van der Waals surface area (Å²) in [6.45, 7) is 10.3. The second kappa shape index (κ2) is 5.80. The van der Waals surface area contributed by atoms with Crippen LogP contribution in [0.4, 0.5) is 0 Å². The molecule has 4 nitrogen and oxygen atoms in total. The van der Waals surface area contributed by atoms with E-state index in [-0.39, 0.29) is 5.91 Å². The van der Waals surface area contributed by atoms with Crippen molar-refractivity contribution in [1.29, 1.82) is 0 Å². The van der Waals surface area contributed by atoms with E-state index in [1.165, 1.54) is 6.42 Å². The molecule has 110 valence electrons. The first kappa shape index (κ1) is 14.8. The minimum atomic E-state index is -0.586. The number of nitrogens with zero attached hydrogens (tertiary/aromatic N) is 2. The fourth-order valence-electron chi connectivity index (χ4n) is 3.54. The van der Waals surface area contributed by atoms with Crippen LogP contribution in [0.2, 0.25) is 0 Å². The molecule has 1 saturated heterocycles. The van der Waals surface area contributed by atoms with Crippen LogP contribution in [-0.2, 0) is 4.79 Å². The molecule has 2 rings (SSSR count). The highest BCUT2D eigenvalue weighted by Crippen LogP contribution is 2.32. The van der Waals surface area contributed by atoms with Gasteiger partial charge in [-0.3, -0.25) is 9.69 Å². The van der Waals surface area contributed by atoms with E-state index in [0.717, 1.165) is 45.4 Å². The number of amides is 1. The van der Waals surface area contributed by atoms with Crippen LogP contribution in [0.25, 0.3) is 0 Å². The van der Waals surface area contributed by atoms with Crippen LogP contribution in [0.15, 0.2) is 0 Å². The van der Waals surface area contributed by atoms with E-state index >= 15 is 0 Å². The Morgan fingerprint density at radius 2 is 1.89 bits per heavy atom. The third-order valence-corrected chi connectivity index (χ3v) is 4.79. The molecule has 1 aliphatic heterocycles. The van der Waals surface area contributed by atoms with Crippen LogP contribution in [0.1, 0.15) is 46.5 Å². The van der Waals surface area contributed by atoms with E-state index in [1.54, 1.807) is 0 Å². The van der Waals surface area contributed by atoms with Gasteiger partial charge in [-0.05, 0) is 32.6 Å². The molecule has 19 heavy (non-hydrogen) atoms. The van der Waals surface area contributed by atoms with Gasteiger partial charge < -0.3 is 10.6 Å². The second-order valence-electron chi connectivity index (χ2n) is 6.78. The highest BCUT2D eigenvalue weighted by atomic mass is 16.2. The van der Waals surface area contributed by atoms with E-state index in [4.69, 9.17) is 5.73 Å². The fraction of sp³-hybridized carbons (Fsp3) is 0.933. The average molecular weight is 267 g/mol. The monoisotopic (exact) mass is 267 g/mol. The van der Waals surface area contributed by atoms with Crippen molar-refractivity contribution < 1.29 is 4.79 Å². The Bertz CT molecular complexity index is 323. The van der Waals surface area contributed by atoms with Crippen molar-refractivity contribution in [1.82, 2.24) is 9.80 Å². The van der Waals surface area contributed by atoms with Crippen molar-refractivity contribution in [2.75, 3.05) is 26.2 Å². The third-order valence-electron chi connectivity index (χ3n) is 4.79. The van der Waals surface area contributed by atoms with Crippen LogP contribution in [0, 0.1) is 5.92 Å². The van der Waals surface area contributed by atoms with Crippen molar-refractivity contribution in [3.8, 4) is 0 Å². The normalized spacial score (nSPS) is 33.7. The van der Waals surface area contributed by atoms with Crippen LogP contribution in [0.3, 0.4) is 0 Å². The zero-order chi connectivity index (χ0) is 14.0. The Morgan fingerprint density at radius 1 is 1.26 bits per heavy atom. The number of hydrogen-bond acceptors (Lipinski definition) is 3. The largest absolute Gasteiger partial charge is 0.339 e. The quantitative estimate of drug-likeness (QED) is 0.824. The van der Waals surface area contributed by atoms with Gasteiger partial charge >= 0.3 is 0 Å². The van der Waals surface area contributed by atoms with Gasteiger partial charge in [0.25, 0.3) is 0 Å². The zero-order valence-electron chi connectivity index (χ0n) is 12.7. The van der Waals surface area contributed by atoms with E-state index in [9.17, 15) is 4.79 Å². The molecule has 0 bridgehead atoms. The van der Waals surface area contributed by atoms with E-state index in [1.807, 2.05) is 4.90 Å². The molecule has 2 N–H and O–H groups in total. The molecule has 0 aromatic carbocycles. The van der Waals surface area contributed by atoms with E-state index < -0.39 is 5.54 Å². The predicted octanol–water partition coefficient (Wildman–Crippen LogP) is 1.45. The summed E-state index contributed by atoms with van der Waals surface area (Å²) >= 11 is 0. The molecule has 1 amide bonds. The molecule has 1 aliphatic carbocycles. The molecular weight excluding hydrogens is 238 g/mol. The fourth-order valence-corrected chi connectivity index (χ4v) is 3.54. The van der Waals surface area contributed by atoms with Gasteiger partial charge in [-0.15, -0.1) is 0 Å². The van der Waals surface area contributed by atoms with E-state index in [0.29, 0.717) is 12.0 Å². The number of rotatable bonds is 2. The molecule has 0 radical (unpaired) electrons. The van der Waals surface area contributed by atoms with Crippen LogP contribution >= 0.6 is 0 Å². The highest BCUT2D eigenvalue weighted by Gasteiger charge is 2.41. The number of carbonyl (C=O) groups is 1. The Kier molecular flexibility index (Phi) is 4.51. The summed E-state index contributed by atoms with van der Waals surface area (Å²) in [5, 5.41) is 0. The van der Waals surface area contributed by atoms with Crippen molar-refractivity contribution in [2.45, 2.75) is 58.0 Å². The van der Waals surface area contributed by atoms with Gasteiger partial charge in [0.05, 0.1) is 5.54 Å². The zero-order valence-corrected chi connectivity index (χ0v) is 12.7. The topological polar surface area (TPSA) is 49.6 Å². The van der Waals surface area contributed by atoms with Crippen molar-refractivity contribution >= 4 is 5.91 Å². The molecule has 0 aromatic rings. The molecule has 1 saturated carbocycles.